The minimum absolute atomic E-state index is 0.0728. The van der Waals surface area contributed by atoms with Crippen molar-refractivity contribution in [2.45, 2.75) is 26.0 Å². The Hall–Kier alpha value is -2.00. The van der Waals surface area contributed by atoms with E-state index < -0.39 is 0 Å². The average molecular weight is 257 g/mol. The summed E-state index contributed by atoms with van der Waals surface area (Å²) < 4.78 is 0. The molecule has 1 unspecified atom stereocenters. The second kappa shape index (κ2) is 6.25. The molecule has 19 heavy (non-hydrogen) atoms. The van der Waals surface area contributed by atoms with Gasteiger partial charge in [0.1, 0.15) is 5.75 Å². The Morgan fingerprint density at radius 2 is 1.53 bits per heavy atom. The Balaban J connectivity index is 1.92. The summed E-state index contributed by atoms with van der Waals surface area (Å²) in [6.45, 7) is 2.19. The van der Waals surface area contributed by atoms with Crippen LogP contribution >= 0.6 is 0 Å². The Kier molecular flexibility index (Phi) is 4.42. The minimum atomic E-state index is 0.0728. The van der Waals surface area contributed by atoms with Crippen molar-refractivity contribution in [3.05, 3.63) is 59.7 Å². The van der Waals surface area contributed by atoms with Crippen LogP contribution in [-0.2, 0) is 13.0 Å². The fourth-order valence-corrected chi connectivity index (χ4v) is 2.03. The summed E-state index contributed by atoms with van der Waals surface area (Å²) in [5, 5.41) is 21.6. The monoisotopic (exact) mass is 257 g/mol. The first-order valence-corrected chi connectivity index (χ1v) is 6.41. The third-order valence-corrected chi connectivity index (χ3v) is 3.03. The summed E-state index contributed by atoms with van der Waals surface area (Å²) in [6, 6.07) is 15.3. The van der Waals surface area contributed by atoms with Crippen molar-refractivity contribution in [2.24, 2.45) is 0 Å². The Labute approximate surface area is 113 Å². The predicted octanol–water partition coefficient (Wildman–Crippen LogP) is 2.93. The molecule has 2 rings (SSSR count). The lowest BCUT2D eigenvalue weighted by Gasteiger charge is -2.15. The summed E-state index contributed by atoms with van der Waals surface area (Å²) in [7, 11) is 0. The molecule has 0 aliphatic heterocycles. The first-order valence-electron chi connectivity index (χ1n) is 6.41. The number of phenolic OH excluding ortho intramolecular Hbond substituents is 1. The molecule has 0 saturated carbocycles. The molecule has 3 nitrogen and oxygen atoms in total. The normalized spacial score (nSPS) is 12.1. The van der Waals surface area contributed by atoms with Crippen LogP contribution < -0.4 is 5.32 Å². The predicted molar refractivity (Wildman–Crippen MR) is 77.3 cm³/mol. The first kappa shape index (κ1) is 13.4. The number of benzene rings is 2. The number of aliphatic hydroxyl groups is 1. The number of aromatic hydroxyl groups is 1. The van der Waals surface area contributed by atoms with Gasteiger partial charge in [-0.3, -0.25) is 0 Å². The fourth-order valence-electron chi connectivity index (χ4n) is 2.03. The molecular weight excluding hydrogens is 238 g/mol. The van der Waals surface area contributed by atoms with E-state index in [4.69, 9.17) is 5.11 Å². The second-order valence-corrected chi connectivity index (χ2v) is 4.77. The smallest absolute Gasteiger partial charge is 0.115 e. The van der Waals surface area contributed by atoms with Gasteiger partial charge in [0.25, 0.3) is 0 Å². The van der Waals surface area contributed by atoms with E-state index in [9.17, 15) is 5.11 Å². The van der Waals surface area contributed by atoms with Gasteiger partial charge in [-0.05, 0) is 48.7 Å². The van der Waals surface area contributed by atoms with E-state index in [1.807, 2.05) is 36.4 Å². The van der Waals surface area contributed by atoms with Gasteiger partial charge < -0.3 is 15.5 Å². The Morgan fingerprint density at radius 3 is 2.11 bits per heavy atom. The van der Waals surface area contributed by atoms with Crippen LogP contribution in [0.5, 0.6) is 5.75 Å². The molecule has 2 aromatic rings. The summed E-state index contributed by atoms with van der Waals surface area (Å²) in [5.41, 5.74) is 3.14. The Morgan fingerprint density at radius 1 is 0.947 bits per heavy atom. The molecule has 3 N–H and O–H groups in total. The van der Waals surface area contributed by atoms with Crippen molar-refractivity contribution < 1.29 is 10.2 Å². The molecule has 2 aromatic carbocycles. The van der Waals surface area contributed by atoms with E-state index in [0.29, 0.717) is 11.8 Å². The van der Waals surface area contributed by atoms with Crippen molar-refractivity contribution in [3.63, 3.8) is 0 Å². The number of phenols is 1. The second-order valence-electron chi connectivity index (χ2n) is 4.77. The van der Waals surface area contributed by atoms with Crippen molar-refractivity contribution in [2.75, 3.05) is 5.32 Å². The van der Waals surface area contributed by atoms with E-state index >= 15 is 0 Å². The largest absolute Gasteiger partial charge is 0.508 e. The van der Waals surface area contributed by atoms with E-state index in [1.54, 1.807) is 12.1 Å². The molecule has 0 aliphatic carbocycles. The quantitative estimate of drug-likeness (QED) is 0.772. The Bertz CT molecular complexity index is 505. The minimum Gasteiger partial charge on any atom is -0.508 e. The maximum absolute atomic E-state index is 9.24. The van der Waals surface area contributed by atoms with Crippen LogP contribution in [-0.4, -0.2) is 16.3 Å². The van der Waals surface area contributed by atoms with Gasteiger partial charge in [0.2, 0.25) is 0 Å². The van der Waals surface area contributed by atoms with Crippen molar-refractivity contribution in [1.29, 1.82) is 0 Å². The molecule has 100 valence electrons. The van der Waals surface area contributed by atoms with Gasteiger partial charge in [0, 0.05) is 11.7 Å². The van der Waals surface area contributed by atoms with E-state index in [-0.39, 0.29) is 6.61 Å². The van der Waals surface area contributed by atoms with Gasteiger partial charge in [-0.2, -0.15) is 0 Å². The highest BCUT2D eigenvalue weighted by atomic mass is 16.3. The molecule has 0 radical (unpaired) electrons. The highest BCUT2D eigenvalue weighted by Gasteiger charge is 2.04. The van der Waals surface area contributed by atoms with Crippen LogP contribution in [0.2, 0.25) is 0 Å². The van der Waals surface area contributed by atoms with Gasteiger partial charge in [-0.15, -0.1) is 0 Å². The summed E-state index contributed by atoms with van der Waals surface area (Å²) in [4.78, 5) is 0. The number of rotatable bonds is 5. The van der Waals surface area contributed by atoms with Crippen LogP contribution in [0.15, 0.2) is 48.5 Å². The van der Waals surface area contributed by atoms with Crippen LogP contribution in [0, 0.1) is 0 Å². The molecule has 0 amide bonds. The number of aliphatic hydroxyl groups excluding tert-OH is 1. The first-order chi connectivity index (χ1) is 9.17. The van der Waals surface area contributed by atoms with Crippen molar-refractivity contribution in [3.8, 4) is 5.75 Å². The van der Waals surface area contributed by atoms with Gasteiger partial charge >= 0.3 is 0 Å². The fraction of sp³-hybridized carbons (Fsp3) is 0.250. The maximum atomic E-state index is 9.24. The molecule has 1 atom stereocenters. The molecule has 0 bridgehead atoms. The van der Waals surface area contributed by atoms with E-state index in [1.165, 1.54) is 5.56 Å². The highest BCUT2D eigenvalue weighted by molar-refractivity contribution is 5.45. The number of anilines is 1. The topological polar surface area (TPSA) is 52.5 Å². The molecule has 3 heteroatoms. The van der Waals surface area contributed by atoms with Gasteiger partial charge in [0.15, 0.2) is 0 Å². The maximum Gasteiger partial charge on any atom is 0.115 e. The molecule has 0 heterocycles. The zero-order valence-electron chi connectivity index (χ0n) is 11.0. The summed E-state index contributed by atoms with van der Waals surface area (Å²) in [6.07, 6.45) is 0.891. The third-order valence-electron chi connectivity index (χ3n) is 3.03. The van der Waals surface area contributed by atoms with Crippen molar-refractivity contribution >= 4 is 5.69 Å². The number of hydrogen-bond acceptors (Lipinski definition) is 3. The summed E-state index contributed by atoms with van der Waals surface area (Å²) in [5.74, 6) is 0.295. The van der Waals surface area contributed by atoms with Gasteiger partial charge in [-0.1, -0.05) is 24.3 Å². The molecule has 0 fully saturated rings. The van der Waals surface area contributed by atoms with Gasteiger partial charge in [-0.25, -0.2) is 0 Å². The molecule has 0 saturated heterocycles. The number of hydrogen-bond donors (Lipinski definition) is 3. The third kappa shape index (κ3) is 4.00. The SMILES string of the molecule is CC(Cc1ccc(O)cc1)Nc1ccc(CO)cc1. The van der Waals surface area contributed by atoms with Gasteiger partial charge in [0.05, 0.1) is 6.61 Å². The molecule has 0 spiro atoms. The highest BCUT2D eigenvalue weighted by Crippen LogP contribution is 2.15. The van der Waals surface area contributed by atoms with E-state index in [0.717, 1.165) is 17.7 Å². The summed E-state index contributed by atoms with van der Waals surface area (Å²) >= 11 is 0. The van der Waals surface area contributed by atoms with E-state index in [2.05, 4.69) is 12.2 Å². The van der Waals surface area contributed by atoms with Crippen LogP contribution in [0.4, 0.5) is 5.69 Å². The molecular formula is C16H19NO2. The lowest BCUT2D eigenvalue weighted by Crippen LogP contribution is -2.17. The molecule has 0 aromatic heterocycles. The van der Waals surface area contributed by atoms with Crippen LogP contribution in [0.25, 0.3) is 0 Å². The zero-order chi connectivity index (χ0) is 13.7. The van der Waals surface area contributed by atoms with Crippen LogP contribution in [0.3, 0.4) is 0 Å². The zero-order valence-corrected chi connectivity index (χ0v) is 11.0. The average Bonchev–Trinajstić information content (AvgIpc) is 2.42. The lowest BCUT2D eigenvalue weighted by atomic mass is 10.1. The lowest BCUT2D eigenvalue weighted by molar-refractivity contribution is 0.282. The number of nitrogens with one attached hydrogen (secondary N) is 1. The standard InChI is InChI=1S/C16H19NO2/c1-12(10-13-4-8-16(19)9-5-13)17-15-6-2-14(11-18)3-7-15/h2-9,12,17-19H,10-11H2,1H3. The molecule has 0 aliphatic rings. The van der Waals surface area contributed by atoms with Crippen LogP contribution in [0.1, 0.15) is 18.1 Å². The van der Waals surface area contributed by atoms with Crippen molar-refractivity contribution in [1.82, 2.24) is 0 Å².